The Kier molecular flexibility index (Phi) is 7.83. The van der Waals surface area contributed by atoms with Crippen molar-refractivity contribution in [2.75, 3.05) is 19.8 Å². The molecule has 2 bridgehead atoms. The Morgan fingerprint density at radius 2 is 1.94 bits per heavy atom. The van der Waals surface area contributed by atoms with Crippen molar-refractivity contribution in [2.24, 2.45) is 23.7 Å². The zero-order chi connectivity index (χ0) is 27.2. The molecule has 0 aromatic carbocycles. The number of hydrogen-bond donors (Lipinski definition) is 1. The van der Waals surface area contributed by atoms with Crippen LogP contribution in [0.4, 0.5) is 0 Å². The van der Waals surface area contributed by atoms with E-state index in [0.717, 1.165) is 0 Å². The molecule has 3 saturated heterocycles. The third kappa shape index (κ3) is 4.20. The van der Waals surface area contributed by atoms with E-state index in [-0.39, 0.29) is 36.9 Å². The van der Waals surface area contributed by atoms with Gasteiger partial charge >= 0.3 is 5.97 Å². The van der Waals surface area contributed by atoms with Gasteiger partial charge < -0.3 is 24.4 Å². The molecule has 3 aliphatic rings. The molecule has 36 heavy (non-hydrogen) atoms. The first-order chi connectivity index (χ1) is 16.7. The van der Waals surface area contributed by atoms with E-state index in [0.29, 0.717) is 19.4 Å². The second kappa shape index (κ2) is 9.93. The highest BCUT2D eigenvalue weighted by Gasteiger charge is 2.81. The number of carbonyl (C=O) groups is 3. The van der Waals surface area contributed by atoms with Crippen molar-refractivity contribution >= 4 is 17.8 Å². The van der Waals surface area contributed by atoms with Crippen molar-refractivity contribution < 1.29 is 29.0 Å². The summed E-state index contributed by atoms with van der Waals surface area (Å²) in [7, 11) is 0. The lowest BCUT2D eigenvalue weighted by molar-refractivity contribution is -0.165. The molecule has 8 heteroatoms. The fraction of sp³-hybridized carbons (Fsp3) is 0.750. The molecule has 1 spiro atoms. The van der Waals surface area contributed by atoms with Crippen LogP contribution in [0.25, 0.3) is 0 Å². The van der Waals surface area contributed by atoms with Crippen LogP contribution in [0.3, 0.4) is 0 Å². The van der Waals surface area contributed by atoms with Crippen LogP contribution >= 0.6 is 0 Å². The topological polar surface area (TPSA) is 96.4 Å². The second-order valence-electron chi connectivity index (χ2n) is 12.1. The number of aliphatic hydroxyl groups is 1. The Bertz CT molecular complexity index is 910. The maximum absolute atomic E-state index is 14.4. The lowest BCUT2D eigenvalue weighted by atomic mass is 9.62. The number of rotatable bonds is 10. The van der Waals surface area contributed by atoms with Gasteiger partial charge in [0.15, 0.2) is 0 Å². The maximum Gasteiger partial charge on any atom is 0.312 e. The van der Waals surface area contributed by atoms with Crippen molar-refractivity contribution in [1.82, 2.24) is 9.80 Å². The van der Waals surface area contributed by atoms with Gasteiger partial charge in [-0.2, -0.15) is 0 Å². The number of ether oxygens (including phenoxy) is 2. The molecule has 0 aliphatic carbocycles. The Morgan fingerprint density at radius 1 is 1.31 bits per heavy atom. The van der Waals surface area contributed by atoms with E-state index in [1.54, 1.807) is 17.1 Å². The molecule has 0 radical (unpaired) electrons. The lowest BCUT2D eigenvalue weighted by Gasteiger charge is -2.44. The molecule has 0 aromatic heterocycles. The predicted molar refractivity (Wildman–Crippen MR) is 137 cm³/mol. The summed E-state index contributed by atoms with van der Waals surface area (Å²) in [5.41, 5.74) is -2.67. The zero-order valence-corrected chi connectivity index (χ0v) is 23.0. The largest absolute Gasteiger partial charge is 0.465 e. The summed E-state index contributed by atoms with van der Waals surface area (Å²) in [6.45, 7) is 21.2. The Morgan fingerprint density at radius 3 is 2.44 bits per heavy atom. The molecule has 3 fully saturated rings. The molecule has 7 atom stereocenters. The van der Waals surface area contributed by atoms with E-state index < -0.39 is 46.6 Å². The van der Waals surface area contributed by atoms with Gasteiger partial charge in [-0.05, 0) is 52.4 Å². The number of amides is 2. The van der Waals surface area contributed by atoms with E-state index in [2.05, 4.69) is 13.2 Å². The standard InChI is InChI=1S/C28H44N2O6/c1-10-12-14-35-25(34)21-20-23(32)30(19(16-31)17(3)4)22(24(33)29(13-11-2)26(6,7)8)28(20)15-18(5)27(21,9)36-28/h10-11,17-22,31H,1-2,12-16H2,3-9H3/t18?,19-,20-,21+,22?,27-,28?/m0/s1. The minimum absolute atomic E-state index is 0.0807. The number of aliphatic hydroxyl groups excluding tert-OH is 1. The fourth-order valence-electron chi connectivity index (χ4n) is 6.60. The minimum atomic E-state index is -1.18. The van der Waals surface area contributed by atoms with Crippen molar-refractivity contribution in [3.63, 3.8) is 0 Å². The summed E-state index contributed by atoms with van der Waals surface area (Å²) >= 11 is 0. The van der Waals surface area contributed by atoms with Gasteiger partial charge in [-0.1, -0.05) is 32.9 Å². The molecular weight excluding hydrogens is 460 g/mol. The van der Waals surface area contributed by atoms with E-state index in [1.807, 2.05) is 48.5 Å². The summed E-state index contributed by atoms with van der Waals surface area (Å²) in [5, 5.41) is 10.4. The summed E-state index contributed by atoms with van der Waals surface area (Å²) in [6.07, 6.45) is 4.31. The summed E-state index contributed by atoms with van der Waals surface area (Å²) in [6, 6.07) is -1.57. The van der Waals surface area contributed by atoms with E-state index in [9.17, 15) is 19.5 Å². The molecule has 3 heterocycles. The van der Waals surface area contributed by atoms with Crippen LogP contribution in [0, 0.1) is 23.7 Å². The van der Waals surface area contributed by atoms with E-state index in [4.69, 9.17) is 9.47 Å². The van der Waals surface area contributed by atoms with Crippen LogP contribution in [-0.4, -0.2) is 81.3 Å². The van der Waals surface area contributed by atoms with Crippen molar-refractivity contribution in [3.05, 3.63) is 25.3 Å². The van der Waals surface area contributed by atoms with Crippen LogP contribution in [-0.2, 0) is 23.9 Å². The first-order valence-corrected chi connectivity index (χ1v) is 13.1. The third-order valence-electron chi connectivity index (χ3n) is 8.51. The molecule has 3 rings (SSSR count). The molecular formula is C28H44N2O6. The number of hydrogen-bond acceptors (Lipinski definition) is 6. The van der Waals surface area contributed by atoms with Crippen molar-refractivity contribution in [3.8, 4) is 0 Å². The Balaban J connectivity index is 2.18. The average molecular weight is 505 g/mol. The van der Waals surface area contributed by atoms with Gasteiger partial charge in [-0.3, -0.25) is 14.4 Å². The predicted octanol–water partition coefficient (Wildman–Crippen LogP) is 2.95. The van der Waals surface area contributed by atoms with Crippen LogP contribution in [0.1, 0.15) is 61.3 Å². The first-order valence-electron chi connectivity index (χ1n) is 13.1. The van der Waals surface area contributed by atoms with Gasteiger partial charge in [-0.15, -0.1) is 13.2 Å². The zero-order valence-electron chi connectivity index (χ0n) is 23.0. The highest BCUT2D eigenvalue weighted by molar-refractivity contribution is 5.99. The smallest absolute Gasteiger partial charge is 0.312 e. The highest BCUT2D eigenvalue weighted by atomic mass is 16.6. The molecule has 3 unspecified atom stereocenters. The van der Waals surface area contributed by atoms with Crippen LogP contribution < -0.4 is 0 Å². The summed E-state index contributed by atoms with van der Waals surface area (Å²) < 4.78 is 12.3. The normalized spacial score (nSPS) is 34.0. The number of nitrogens with zero attached hydrogens (tertiary/aromatic N) is 2. The molecule has 1 N–H and O–H groups in total. The first kappa shape index (κ1) is 28.4. The van der Waals surface area contributed by atoms with Crippen LogP contribution in [0.15, 0.2) is 25.3 Å². The van der Waals surface area contributed by atoms with E-state index >= 15 is 0 Å². The van der Waals surface area contributed by atoms with Gasteiger partial charge in [0.1, 0.15) is 17.6 Å². The average Bonchev–Trinajstić information content (AvgIpc) is 3.28. The van der Waals surface area contributed by atoms with Crippen molar-refractivity contribution in [1.29, 1.82) is 0 Å². The molecule has 0 aromatic rings. The highest BCUT2D eigenvalue weighted by Crippen LogP contribution is 2.66. The molecule has 3 aliphatic heterocycles. The van der Waals surface area contributed by atoms with Crippen molar-refractivity contribution in [2.45, 2.75) is 90.1 Å². The Hall–Kier alpha value is -2.19. The quantitative estimate of drug-likeness (QED) is 0.279. The lowest BCUT2D eigenvalue weighted by Crippen LogP contribution is -2.62. The van der Waals surface area contributed by atoms with Gasteiger partial charge in [-0.25, -0.2) is 0 Å². The van der Waals surface area contributed by atoms with E-state index in [1.165, 1.54) is 4.90 Å². The fourth-order valence-corrected chi connectivity index (χ4v) is 6.60. The molecule has 0 saturated carbocycles. The van der Waals surface area contributed by atoms with Gasteiger partial charge in [0, 0.05) is 12.1 Å². The number of fused-ring (bicyclic) bond motifs is 1. The van der Waals surface area contributed by atoms with Crippen LogP contribution in [0.2, 0.25) is 0 Å². The monoisotopic (exact) mass is 504 g/mol. The summed E-state index contributed by atoms with van der Waals surface area (Å²) in [5.74, 6) is -2.96. The van der Waals surface area contributed by atoms with Gasteiger partial charge in [0.25, 0.3) is 0 Å². The molecule has 8 nitrogen and oxygen atoms in total. The maximum atomic E-state index is 14.4. The number of carbonyl (C=O) groups excluding carboxylic acids is 3. The number of likely N-dealkylation sites (tertiary alicyclic amines) is 1. The third-order valence-corrected chi connectivity index (χ3v) is 8.51. The van der Waals surface area contributed by atoms with Gasteiger partial charge in [0.2, 0.25) is 11.8 Å². The van der Waals surface area contributed by atoms with Crippen LogP contribution in [0.5, 0.6) is 0 Å². The second-order valence-corrected chi connectivity index (χ2v) is 12.1. The SMILES string of the molecule is C=CCCOC(=O)[C@H]1[C@H]2C(=O)N([C@@H](CO)C(C)C)C(C(=O)N(CC=C)C(C)(C)C)C23CC(C)[C@]1(C)O3. The summed E-state index contributed by atoms with van der Waals surface area (Å²) in [4.78, 5) is 45.3. The molecule has 202 valence electrons. The van der Waals surface area contributed by atoms with Gasteiger partial charge in [0.05, 0.1) is 30.8 Å². The Labute approximate surface area is 215 Å². The molecule has 2 amide bonds. The number of esters is 1. The minimum Gasteiger partial charge on any atom is -0.465 e.